The molecule has 26 heavy (non-hydrogen) atoms. The molecular formula is C19H19FN2O3S. The average molecular weight is 374 g/mol. The highest BCUT2D eigenvalue weighted by atomic mass is 32.1. The fourth-order valence-electron chi connectivity index (χ4n) is 3.37. The number of ether oxygens (including phenoxy) is 2. The van der Waals surface area contributed by atoms with E-state index in [1.165, 1.54) is 17.7 Å². The molecule has 1 aliphatic rings. The van der Waals surface area contributed by atoms with Crippen LogP contribution in [0, 0.1) is 5.92 Å². The maximum Gasteiger partial charge on any atom is 0.240 e. The highest BCUT2D eigenvalue weighted by Crippen LogP contribution is 2.47. The standard InChI is InChI=1S/C19H19FN2O3S/c1-3-14-11(2)17(20)19(23,25-14)13-9-26-16-15(13)21-10-22-18(16)24-12-7-5-4-6-8-12/h4-11,14,17,23H,3H2,1-2H3/t11-,14-,17-,19?/m1/s1. The van der Waals surface area contributed by atoms with Crippen LogP contribution in [-0.2, 0) is 10.5 Å². The number of nitrogens with zero attached hydrogens (tertiary/aromatic N) is 2. The van der Waals surface area contributed by atoms with Gasteiger partial charge in [0.15, 0.2) is 6.17 Å². The number of para-hydroxylation sites is 1. The molecule has 1 unspecified atom stereocenters. The molecule has 1 N–H and O–H groups in total. The van der Waals surface area contributed by atoms with Gasteiger partial charge in [-0.25, -0.2) is 14.4 Å². The Labute approximate surface area is 154 Å². The van der Waals surface area contributed by atoms with Gasteiger partial charge in [-0.15, -0.1) is 11.3 Å². The second-order valence-electron chi connectivity index (χ2n) is 6.44. The zero-order valence-corrected chi connectivity index (χ0v) is 15.2. The van der Waals surface area contributed by atoms with E-state index in [-0.39, 0.29) is 6.10 Å². The number of hydrogen-bond acceptors (Lipinski definition) is 6. The molecule has 2 aromatic heterocycles. The van der Waals surface area contributed by atoms with E-state index in [1.54, 1.807) is 12.3 Å². The minimum Gasteiger partial charge on any atom is -0.437 e. The van der Waals surface area contributed by atoms with Gasteiger partial charge in [-0.1, -0.05) is 32.0 Å². The van der Waals surface area contributed by atoms with Crippen molar-refractivity contribution in [2.24, 2.45) is 5.92 Å². The second-order valence-corrected chi connectivity index (χ2v) is 7.32. The SMILES string of the molecule is CC[C@H]1OC(O)(c2csc3c(Oc4ccccc4)ncnc23)[C@H](F)[C@@H]1C. The second kappa shape index (κ2) is 6.57. The van der Waals surface area contributed by atoms with E-state index >= 15 is 0 Å². The molecule has 3 heterocycles. The minimum absolute atomic E-state index is 0.327. The maximum atomic E-state index is 14.9. The van der Waals surface area contributed by atoms with Crippen LogP contribution in [0.25, 0.3) is 10.2 Å². The molecule has 4 atom stereocenters. The van der Waals surface area contributed by atoms with E-state index in [4.69, 9.17) is 9.47 Å². The lowest BCUT2D eigenvalue weighted by Crippen LogP contribution is -2.35. The first-order chi connectivity index (χ1) is 12.5. The highest BCUT2D eigenvalue weighted by Gasteiger charge is 2.55. The van der Waals surface area contributed by atoms with Gasteiger partial charge in [-0.05, 0) is 18.6 Å². The Morgan fingerprint density at radius 2 is 2.08 bits per heavy atom. The Balaban J connectivity index is 1.76. The summed E-state index contributed by atoms with van der Waals surface area (Å²) in [6.45, 7) is 3.67. The van der Waals surface area contributed by atoms with Crippen LogP contribution in [0.3, 0.4) is 0 Å². The summed E-state index contributed by atoms with van der Waals surface area (Å²) in [5.74, 6) is -1.39. The van der Waals surface area contributed by atoms with Crippen LogP contribution in [0.15, 0.2) is 42.0 Å². The monoisotopic (exact) mass is 374 g/mol. The largest absolute Gasteiger partial charge is 0.437 e. The third kappa shape index (κ3) is 2.67. The van der Waals surface area contributed by atoms with Crippen LogP contribution in [0.5, 0.6) is 11.6 Å². The molecule has 3 aromatic rings. The Morgan fingerprint density at radius 1 is 1.31 bits per heavy atom. The molecule has 0 aliphatic carbocycles. The zero-order chi connectivity index (χ0) is 18.3. The summed E-state index contributed by atoms with van der Waals surface area (Å²) in [7, 11) is 0. The van der Waals surface area contributed by atoms with Crippen LogP contribution in [0.2, 0.25) is 0 Å². The molecule has 136 valence electrons. The first kappa shape index (κ1) is 17.3. The van der Waals surface area contributed by atoms with Gasteiger partial charge in [-0.3, -0.25) is 0 Å². The van der Waals surface area contributed by atoms with Crippen molar-refractivity contribution >= 4 is 21.6 Å². The van der Waals surface area contributed by atoms with Crippen LogP contribution in [-0.4, -0.2) is 27.4 Å². The molecule has 0 amide bonds. The fraction of sp³-hybridized carbons (Fsp3) is 0.368. The van der Waals surface area contributed by atoms with Gasteiger partial charge < -0.3 is 14.6 Å². The van der Waals surface area contributed by atoms with Crippen molar-refractivity contribution < 1.29 is 19.0 Å². The van der Waals surface area contributed by atoms with Crippen LogP contribution in [0.1, 0.15) is 25.8 Å². The molecule has 1 aliphatic heterocycles. The first-order valence-electron chi connectivity index (χ1n) is 8.54. The third-order valence-electron chi connectivity index (χ3n) is 4.82. The van der Waals surface area contributed by atoms with E-state index in [2.05, 4.69) is 9.97 Å². The Morgan fingerprint density at radius 3 is 2.77 bits per heavy atom. The number of rotatable bonds is 4. The smallest absolute Gasteiger partial charge is 0.240 e. The van der Waals surface area contributed by atoms with E-state index in [0.717, 1.165) is 0 Å². The maximum absolute atomic E-state index is 14.9. The first-order valence-corrected chi connectivity index (χ1v) is 9.42. The molecule has 1 aromatic carbocycles. The van der Waals surface area contributed by atoms with Crippen LogP contribution >= 0.6 is 11.3 Å². The zero-order valence-electron chi connectivity index (χ0n) is 14.4. The number of fused-ring (bicyclic) bond motifs is 1. The number of benzene rings is 1. The molecule has 1 saturated heterocycles. The number of thiophene rings is 1. The van der Waals surface area contributed by atoms with Crippen molar-refractivity contribution in [3.8, 4) is 11.6 Å². The molecular weight excluding hydrogens is 355 g/mol. The van der Waals surface area contributed by atoms with Crippen LogP contribution < -0.4 is 4.74 Å². The van der Waals surface area contributed by atoms with E-state index in [1.807, 2.05) is 37.3 Å². The number of aliphatic hydroxyl groups is 1. The predicted molar refractivity (Wildman–Crippen MR) is 97.1 cm³/mol. The fourth-order valence-corrected chi connectivity index (χ4v) is 4.36. The molecule has 0 bridgehead atoms. The summed E-state index contributed by atoms with van der Waals surface area (Å²) in [5, 5.41) is 12.7. The molecule has 0 radical (unpaired) electrons. The third-order valence-corrected chi connectivity index (χ3v) is 5.78. The molecule has 4 rings (SSSR count). The topological polar surface area (TPSA) is 64.5 Å². The number of halogens is 1. The molecule has 0 saturated carbocycles. The summed E-state index contributed by atoms with van der Waals surface area (Å²) in [5.41, 5.74) is 0.776. The lowest BCUT2D eigenvalue weighted by molar-refractivity contribution is -0.222. The average Bonchev–Trinajstić information content (AvgIpc) is 3.19. The predicted octanol–water partition coefficient (Wildman–Crippen LogP) is 4.41. The van der Waals surface area contributed by atoms with E-state index in [0.29, 0.717) is 33.8 Å². The number of hydrogen-bond donors (Lipinski definition) is 1. The Kier molecular flexibility index (Phi) is 4.38. The van der Waals surface area contributed by atoms with Crippen molar-refractivity contribution in [1.29, 1.82) is 0 Å². The quantitative estimate of drug-likeness (QED) is 0.733. The normalized spacial score (nSPS) is 28.5. The summed E-state index contributed by atoms with van der Waals surface area (Å²) in [6.07, 6.45) is 0.109. The van der Waals surface area contributed by atoms with Gasteiger partial charge >= 0.3 is 0 Å². The van der Waals surface area contributed by atoms with Crippen molar-refractivity contribution in [2.45, 2.75) is 38.3 Å². The lowest BCUT2D eigenvalue weighted by atomic mass is 9.93. The van der Waals surface area contributed by atoms with Crippen molar-refractivity contribution in [2.75, 3.05) is 0 Å². The van der Waals surface area contributed by atoms with E-state index < -0.39 is 17.9 Å². The summed E-state index contributed by atoms with van der Waals surface area (Å²) in [6, 6.07) is 9.26. The summed E-state index contributed by atoms with van der Waals surface area (Å²) >= 11 is 1.30. The van der Waals surface area contributed by atoms with Crippen molar-refractivity contribution in [1.82, 2.24) is 9.97 Å². The van der Waals surface area contributed by atoms with E-state index in [9.17, 15) is 9.50 Å². The highest BCUT2D eigenvalue weighted by molar-refractivity contribution is 7.17. The van der Waals surface area contributed by atoms with Gasteiger partial charge in [0, 0.05) is 11.3 Å². The van der Waals surface area contributed by atoms with Gasteiger partial charge in [0.25, 0.3) is 0 Å². The number of alkyl halides is 1. The Bertz CT molecular complexity index is 920. The van der Waals surface area contributed by atoms with Crippen molar-refractivity contribution in [3.05, 3.63) is 47.6 Å². The minimum atomic E-state index is -2.00. The van der Waals surface area contributed by atoms with Gasteiger partial charge in [0.1, 0.15) is 16.8 Å². The molecule has 1 fully saturated rings. The van der Waals surface area contributed by atoms with Crippen molar-refractivity contribution in [3.63, 3.8) is 0 Å². The summed E-state index contributed by atoms with van der Waals surface area (Å²) < 4.78 is 27.1. The van der Waals surface area contributed by atoms with Gasteiger partial charge in [0.2, 0.25) is 11.7 Å². The van der Waals surface area contributed by atoms with Crippen LogP contribution in [0.4, 0.5) is 4.39 Å². The molecule has 7 heteroatoms. The Hall–Kier alpha value is -2.09. The lowest BCUT2D eigenvalue weighted by Gasteiger charge is -2.24. The molecule has 5 nitrogen and oxygen atoms in total. The molecule has 0 spiro atoms. The number of aromatic nitrogens is 2. The van der Waals surface area contributed by atoms with Gasteiger partial charge in [0.05, 0.1) is 17.2 Å². The summed E-state index contributed by atoms with van der Waals surface area (Å²) in [4.78, 5) is 8.45. The van der Waals surface area contributed by atoms with Gasteiger partial charge in [-0.2, -0.15) is 0 Å².